The summed E-state index contributed by atoms with van der Waals surface area (Å²) in [5.41, 5.74) is 0. The van der Waals surface area contributed by atoms with Gasteiger partial charge in [-0.05, 0) is 26.7 Å². The van der Waals surface area contributed by atoms with Crippen LogP contribution in [0.1, 0.15) is 78.6 Å². The highest BCUT2D eigenvalue weighted by atomic mass is 35.5. The predicted octanol–water partition coefficient (Wildman–Crippen LogP) is 1.15. The summed E-state index contributed by atoms with van der Waals surface area (Å²) in [6.07, 6.45) is 11.9. The number of aliphatic hydroxyl groups excluding tert-OH is 1. The number of hydrogen-bond acceptors (Lipinski definition) is 2. The highest BCUT2D eigenvalue weighted by Crippen LogP contribution is 2.23. The Hall–Kier alpha value is -0.120. The number of halogens is 1. The topological polar surface area (TPSA) is 32.6 Å². The first-order valence-corrected chi connectivity index (χ1v) is 9.10. The molecule has 0 aromatic carbocycles. The van der Waals surface area contributed by atoms with Crippen molar-refractivity contribution in [3.63, 3.8) is 0 Å². The van der Waals surface area contributed by atoms with Crippen LogP contribution in [0.3, 0.4) is 0 Å². The fraction of sp³-hybridized carbons (Fsp3) is 0.944. The van der Waals surface area contributed by atoms with E-state index in [1.165, 1.54) is 57.8 Å². The molecule has 0 aliphatic carbocycles. The van der Waals surface area contributed by atoms with Crippen molar-refractivity contribution < 1.29 is 22.0 Å². The summed E-state index contributed by atoms with van der Waals surface area (Å²) < 4.78 is 0.855. The third-order valence-electron chi connectivity index (χ3n) is 5.18. The van der Waals surface area contributed by atoms with Crippen LogP contribution >= 0.6 is 0 Å². The van der Waals surface area contributed by atoms with Crippen LogP contribution in [0.25, 0.3) is 0 Å². The molecule has 0 fully saturated rings. The zero-order chi connectivity index (χ0) is 15.7. The highest BCUT2D eigenvalue weighted by molar-refractivity contribution is 5.80. The minimum Gasteiger partial charge on any atom is -1.00 e. The Morgan fingerprint density at radius 2 is 1.59 bits per heavy atom. The van der Waals surface area contributed by atoms with Crippen LogP contribution in [0.5, 0.6) is 0 Å². The molecule has 1 N–H and O–H groups in total. The van der Waals surface area contributed by atoms with Gasteiger partial charge < -0.3 is 17.5 Å². The molecular formula is C18H37ClN2O. The van der Waals surface area contributed by atoms with E-state index < -0.39 is 6.10 Å². The Kier molecular flexibility index (Phi) is 11.4. The van der Waals surface area contributed by atoms with Crippen LogP contribution in [-0.4, -0.2) is 47.7 Å². The number of rotatable bonds is 11. The van der Waals surface area contributed by atoms with Gasteiger partial charge in [0.15, 0.2) is 0 Å². The van der Waals surface area contributed by atoms with Crippen molar-refractivity contribution in [3.05, 3.63) is 0 Å². The Morgan fingerprint density at radius 3 is 2.14 bits per heavy atom. The van der Waals surface area contributed by atoms with E-state index >= 15 is 0 Å². The van der Waals surface area contributed by atoms with E-state index in [4.69, 9.17) is 0 Å². The summed E-state index contributed by atoms with van der Waals surface area (Å²) in [7, 11) is 2.24. The van der Waals surface area contributed by atoms with E-state index in [9.17, 15) is 5.11 Å². The molecule has 0 aromatic heterocycles. The molecule has 0 saturated heterocycles. The number of quaternary nitrogens is 1. The maximum atomic E-state index is 9.90. The first-order chi connectivity index (χ1) is 10.0. The molecule has 0 spiro atoms. The molecule has 0 bridgehead atoms. The quantitative estimate of drug-likeness (QED) is 0.447. The zero-order valence-corrected chi connectivity index (χ0v) is 15.9. The average Bonchev–Trinajstić information content (AvgIpc) is 2.85. The van der Waals surface area contributed by atoms with Crippen LogP contribution in [0.4, 0.5) is 0 Å². The second-order valence-electron chi connectivity index (χ2n) is 7.02. The molecule has 1 aliphatic heterocycles. The first-order valence-electron chi connectivity index (χ1n) is 9.10. The molecule has 4 heteroatoms. The molecule has 3 nitrogen and oxygen atoms in total. The van der Waals surface area contributed by atoms with Gasteiger partial charge in [-0.15, -0.1) is 0 Å². The molecule has 22 heavy (non-hydrogen) atoms. The largest absolute Gasteiger partial charge is 1.00 e. The van der Waals surface area contributed by atoms with Gasteiger partial charge >= 0.3 is 0 Å². The zero-order valence-electron chi connectivity index (χ0n) is 15.2. The third-order valence-corrected chi connectivity index (χ3v) is 5.18. The van der Waals surface area contributed by atoms with Gasteiger partial charge in [0.25, 0.3) is 0 Å². The van der Waals surface area contributed by atoms with Gasteiger partial charge in [-0.2, -0.15) is 0 Å². The summed E-state index contributed by atoms with van der Waals surface area (Å²) in [6.45, 7) is 8.37. The first kappa shape index (κ1) is 21.9. The Morgan fingerprint density at radius 1 is 1.05 bits per heavy atom. The van der Waals surface area contributed by atoms with Crippen molar-refractivity contribution >= 4 is 5.84 Å². The minimum absolute atomic E-state index is 0. The average molecular weight is 333 g/mol. The van der Waals surface area contributed by atoms with E-state index in [1.807, 2.05) is 6.92 Å². The number of likely N-dealkylation sites (N-methyl/N-ethyl adjacent to an activating group) is 1. The summed E-state index contributed by atoms with van der Waals surface area (Å²) in [5.74, 6) is 0.988. The van der Waals surface area contributed by atoms with E-state index in [0.29, 0.717) is 6.04 Å². The maximum Gasteiger partial charge on any atom is 0.227 e. The van der Waals surface area contributed by atoms with Crippen LogP contribution in [0.2, 0.25) is 0 Å². The molecule has 1 rings (SSSR count). The van der Waals surface area contributed by atoms with Crippen LogP contribution in [0.15, 0.2) is 4.99 Å². The van der Waals surface area contributed by atoms with E-state index in [1.54, 1.807) is 0 Å². The SMILES string of the molecule is CCCCCCCCCCC(C)[N+]1(C)CCN=C1C(C)O.[Cl-]. The van der Waals surface area contributed by atoms with Gasteiger partial charge in [0.05, 0.1) is 19.6 Å². The molecule has 3 atom stereocenters. The minimum atomic E-state index is -0.404. The Balaban J connectivity index is 0.00000441. The third kappa shape index (κ3) is 6.55. The van der Waals surface area contributed by atoms with Gasteiger partial charge in [-0.1, -0.05) is 51.9 Å². The maximum absolute atomic E-state index is 9.90. The lowest BCUT2D eigenvalue weighted by molar-refractivity contribution is -0.842. The summed E-state index contributed by atoms with van der Waals surface area (Å²) in [4.78, 5) is 4.53. The number of aliphatic imine (C=N–C) groups is 1. The van der Waals surface area contributed by atoms with Gasteiger partial charge in [-0.25, -0.2) is 4.99 Å². The monoisotopic (exact) mass is 332 g/mol. The molecule has 0 radical (unpaired) electrons. The van der Waals surface area contributed by atoms with Gasteiger partial charge in [0.1, 0.15) is 12.6 Å². The standard InChI is InChI=1S/C18H37N2O.ClH/c1-5-6-7-8-9-10-11-12-13-16(2)20(4)15-14-19-18(20)17(3)21;/h16-17,21H,5-15H2,1-4H3;1H/q+1;/p-1. The molecule has 3 unspecified atom stereocenters. The summed E-state index contributed by atoms with van der Waals surface area (Å²) in [6, 6.07) is 0.570. The number of hydrogen-bond donors (Lipinski definition) is 1. The lowest BCUT2D eigenvalue weighted by atomic mass is 10.0. The number of nitrogens with zero attached hydrogens (tertiary/aromatic N) is 2. The lowest BCUT2D eigenvalue weighted by Crippen LogP contribution is -3.00. The molecule has 0 amide bonds. The van der Waals surface area contributed by atoms with Crippen molar-refractivity contribution in [2.75, 3.05) is 20.1 Å². The smallest absolute Gasteiger partial charge is 0.227 e. The van der Waals surface area contributed by atoms with Gasteiger partial charge in [0, 0.05) is 0 Å². The van der Waals surface area contributed by atoms with E-state index in [0.717, 1.165) is 23.4 Å². The van der Waals surface area contributed by atoms with Crippen molar-refractivity contribution in [1.82, 2.24) is 0 Å². The molecule has 132 valence electrons. The molecule has 1 heterocycles. The number of unbranched alkanes of at least 4 members (excludes halogenated alkanes) is 7. The molecule has 1 aliphatic rings. The molecule has 0 saturated carbocycles. The summed E-state index contributed by atoms with van der Waals surface area (Å²) >= 11 is 0. The second kappa shape index (κ2) is 11.4. The molecular weight excluding hydrogens is 296 g/mol. The molecule has 0 aromatic rings. The normalized spacial score (nSPS) is 23.8. The second-order valence-corrected chi connectivity index (χ2v) is 7.02. The van der Waals surface area contributed by atoms with Crippen molar-refractivity contribution in [2.45, 2.75) is 90.7 Å². The summed E-state index contributed by atoms with van der Waals surface area (Å²) in [5, 5.41) is 9.90. The van der Waals surface area contributed by atoms with Gasteiger partial charge in [-0.3, -0.25) is 4.48 Å². The fourth-order valence-corrected chi connectivity index (χ4v) is 3.51. The van der Waals surface area contributed by atoms with Crippen molar-refractivity contribution in [1.29, 1.82) is 0 Å². The van der Waals surface area contributed by atoms with E-state index in [-0.39, 0.29) is 12.4 Å². The Labute approximate surface area is 144 Å². The van der Waals surface area contributed by atoms with Crippen LogP contribution in [0, 0.1) is 0 Å². The Bertz CT molecular complexity index is 320. The number of amidine groups is 1. The van der Waals surface area contributed by atoms with Crippen molar-refractivity contribution in [2.24, 2.45) is 4.99 Å². The highest BCUT2D eigenvalue weighted by Gasteiger charge is 2.40. The predicted molar refractivity (Wildman–Crippen MR) is 91.7 cm³/mol. The number of aliphatic hydroxyl groups is 1. The van der Waals surface area contributed by atoms with E-state index in [2.05, 4.69) is 25.9 Å². The van der Waals surface area contributed by atoms with Crippen LogP contribution in [-0.2, 0) is 0 Å². The van der Waals surface area contributed by atoms with Crippen LogP contribution < -0.4 is 12.4 Å². The van der Waals surface area contributed by atoms with Crippen molar-refractivity contribution in [3.8, 4) is 0 Å². The fourth-order valence-electron chi connectivity index (χ4n) is 3.51. The lowest BCUT2D eigenvalue weighted by Gasteiger charge is -2.37. The van der Waals surface area contributed by atoms with Gasteiger partial charge in [0.2, 0.25) is 5.84 Å².